The van der Waals surface area contributed by atoms with Crippen molar-refractivity contribution in [3.05, 3.63) is 0 Å². The zero-order valence-electron chi connectivity index (χ0n) is 14.5. The van der Waals surface area contributed by atoms with E-state index in [0.29, 0.717) is 6.61 Å². The van der Waals surface area contributed by atoms with E-state index in [9.17, 15) is 5.11 Å². The number of ether oxygens (including phenoxy) is 3. The topological polar surface area (TPSA) is 57.2 Å². The van der Waals surface area contributed by atoms with E-state index in [1.54, 1.807) is 6.92 Å². The first-order valence-electron chi connectivity index (χ1n) is 7.65. The van der Waals surface area contributed by atoms with Gasteiger partial charge >= 0.3 is 0 Å². The summed E-state index contributed by atoms with van der Waals surface area (Å²) in [6, 6.07) is 0. The van der Waals surface area contributed by atoms with Crippen LogP contribution in [0.4, 0.5) is 0 Å². The minimum atomic E-state index is -2.06. The fourth-order valence-electron chi connectivity index (χ4n) is 2.56. The third-order valence-corrected chi connectivity index (χ3v) is 9.27. The largest absolute Gasteiger partial charge is 0.406 e. The van der Waals surface area contributed by atoms with E-state index in [4.69, 9.17) is 18.6 Å². The Labute approximate surface area is 129 Å². The van der Waals surface area contributed by atoms with Crippen molar-refractivity contribution in [3.8, 4) is 0 Å². The van der Waals surface area contributed by atoms with Gasteiger partial charge < -0.3 is 23.7 Å². The summed E-state index contributed by atoms with van der Waals surface area (Å²) in [4.78, 5) is 0. The molecule has 0 amide bonds. The number of fused-ring (bicyclic) bond motifs is 1. The zero-order chi connectivity index (χ0) is 16.3. The second-order valence-corrected chi connectivity index (χ2v) is 13.1. The maximum Gasteiger partial charge on any atom is 0.192 e. The van der Waals surface area contributed by atoms with Crippen LogP contribution in [0.25, 0.3) is 0 Å². The first-order valence-corrected chi connectivity index (χ1v) is 10.6. The van der Waals surface area contributed by atoms with E-state index in [2.05, 4.69) is 33.9 Å². The Morgan fingerprint density at radius 1 is 1.14 bits per heavy atom. The van der Waals surface area contributed by atoms with Gasteiger partial charge in [-0.05, 0) is 38.9 Å². The van der Waals surface area contributed by atoms with Crippen molar-refractivity contribution in [2.45, 2.75) is 89.6 Å². The quantitative estimate of drug-likeness (QED) is 0.793. The van der Waals surface area contributed by atoms with Crippen LogP contribution >= 0.6 is 0 Å². The molecule has 2 aliphatic heterocycles. The van der Waals surface area contributed by atoms with Crippen LogP contribution in [0, 0.1) is 0 Å². The van der Waals surface area contributed by atoms with Gasteiger partial charge in [0.1, 0.15) is 18.3 Å². The van der Waals surface area contributed by atoms with Crippen molar-refractivity contribution in [1.29, 1.82) is 0 Å². The Bertz CT molecular complexity index is 399. The second kappa shape index (κ2) is 5.01. The molecule has 2 saturated heterocycles. The minimum absolute atomic E-state index is 0.0466. The second-order valence-electron chi connectivity index (χ2n) is 8.30. The minimum Gasteiger partial charge on any atom is -0.406 e. The molecule has 0 aromatic rings. The van der Waals surface area contributed by atoms with Gasteiger partial charge in [0.2, 0.25) is 0 Å². The van der Waals surface area contributed by atoms with Gasteiger partial charge in [-0.1, -0.05) is 20.8 Å². The molecular formula is C15H30O5Si. The molecule has 0 bridgehead atoms. The van der Waals surface area contributed by atoms with Gasteiger partial charge in [0, 0.05) is 0 Å². The summed E-state index contributed by atoms with van der Waals surface area (Å²) in [6.45, 7) is 16.6. The van der Waals surface area contributed by atoms with E-state index in [1.165, 1.54) is 0 Å². The maximum absolute atomic E-state index is 10.6. The summed E-state index contributed by atoms with van der Waals surface area (Å²) in [5.74, 6) is -2.03. The highest BCUT2D eigenvalue weighted by molar-refractivity contribution is 6.74. The number of rotatable bonds is 2. The Kier molecular flexibility index (Phi) is 4.14. The van der Waals surface area contributed by atoms with Gasteiger partial charge in [-0.25, -0.2) is 0 Å². The summed E-state index contributed by atoms with van der Waals surface area (Å²) in [7, 11) is -2.06. The lowest BCUT2D eigenvalue weighted by atomic mass is 9.98. The third-order valence-electron chi connectivity index (χ3n) is 4.82. The first kappa shape index (κ1) is 17.4. The highest BCUT2D eigenvalue weighted by atomic mass is 28.4. The number of hydrogen-bond donors (Lipinski definition) is 1. The highest BCUT2D eigenvalue weighted by Crippen LogP contribution is 2.43. The molecule has 21 heavy (non-hydrogen) atoms. The van der Waals surface area contributed by atoms with Crippen molar-refractivity contribution in [2.75, 3.05) is 6.61 Å². The molecule has 0 spiro atoms. The van der Waals surface area contributed by atoms with Crippen LogP contribution in [0.5, 0.6) is 0 Å². The average molecular weight is 318 g/mol. The Morgan fingerprint density at radius 2 is 1.71 bits per heavy atom. The lowest BCUT2D eigenvalue weighted by Crippen LogP contribution is -2.63. The smallest absolute Gasteiger partial charge is 0.192 e. The molecule has 0 radical (unpaired) electrons. The molecule has 5 nitrogen and oxygen atoms in total. The summed E-state index contributed by atoms with van der Waals surface area (Å²) >= 11 is 0. The van der Waals surface area contributed by atoms with Crippen LogP contribution in [0.3, 0.4) is 0 Å². The number of hydrogen-bond acceptors (Lipinski definition) is 5. The monoisotopic (exact) mass is 318 g/mol. The first-order chi connectivity index (χ1) is 9.25. The van der Waals surface area contributed by atoms with E-state index >= 15 is 0 Å². The van der Waals surface area contributed by atoms with Crippen LogP contribution in [-0.2, 0) is 18.6 Å². The Morgan fingerprint density at radius 3 is 2.24 bits per heavy atom. The van der Waals surface area contributed by atoms with Crippen molar-refractivity contribution >= 4 is 8.32 Å². The van der Waals surface area contributed by atoms with Crippen LogP contribution in [0.1, 0.15) is 41.5 Å². The third kappa shape index (κ3) is 3.35. The van der Waals surface area contributed by atoms with Crippen molar-refractivity contribution < 1.29 is 23.7 Å². The summed E-state index contributed by atoms with van der Waals surface area (Å²) in [5.41, 5.74) is 0. The molecule has 0 aromatic heterocycles. The van der Waals surface area contributed by atoms with E-state index in [1.807, 2.05) is 13.8 Å². The Hall–Kier alpha value is 0.0169. The van der Waals surface area contributed by atoms with Crippen LogP contribution < -0.4 is 0 Å². The fraction of sp³-hybridized carbons (Fsp3) is 1.00. The van der Waals surface area contributed by atoms with E-state index in [-0.39, 0.29) is 17.2 Å². The predicted molar refractivity (Wildman–Crippen MR) is 82.5 cm³/mol. The van der Waals surface area contributed by atoms with E-state index in [0.717, 1.165) is 0 Å². The molecule has 0 aliphatic carbocycles. The molecule has 2 aliphatic rings. The molecule has 2 fully saturated rings. The van der Waals surface area contributed by atoms with Gasteiger partial charge in [0.15, 0.2) is 19.9 Å². The molecule has 0 aromatic carbocycles. The molecule has 1 N–H and O–H groups in total. The number of aliphatic hydroxyl groups is 1. The SMILES string of the molecule is CC1(C)O[C@@H]2[C@@H](CO[C@@](C)(O)[C@H]2O[Si](C)(C)C(C)(C)C)O1. The molecular weight excluding hydrogens is 288 g/mol. The van der Waals surface area contributed by atoms with E-state index < -0.39 is 26.0 Å². The summed E-state index contributed by atoms with van der Waals surface area (Å²) in [6.07, 6.45) is -1.05. The van der Waals surface area contributed by atoms with Crippen molar-refractivity contribution in [2.24, 2.45) is 0 Å². The zero-order valence-corrected chi connectivity index (χ0v) is 15.5. The van der Waals surface area contributed by atoms with Crippen LogP contribution in [-0.4, -0.2) is 49.9 Å². The standard InChI is InChI=1S/C15H30O5Si/c1-13(2,3)21(7,8)20-12-11-10(9-17-15(12,6)16)18-14(4,5)19-11/h10-12,16H,9H2,1-8H3/t10-,11-,12+,15-/m1/s1. The average Bonchev–Trinajstić information content (AvgIpc) is 2.56. The van der Waals surface area contributed by atoms with Crippen molar-refractivity contribution in [3.63, 3.8) is 0 Å². The molecule has 2 heterocycles. The lowest BCUT2D eigenvalue weighted by Gasteiger charge is -2.47. The fourth-order valence-corrected chi connectivity index (χ4v) is 3.90. The molecule has 124 valence electrons. The highest BCUT2D eigenvalue weighted by Gasteiger charge is 2.57. The normalized spacial score (nSPS) is 40.1. The Balaban J connectivity index is 2.25. The molecule has 0 saturated carbocycles. The van der Waals surface area contributed by atoms with Gasteiger partial charge in [0.05, 0.1) is 6.61 Å². The van der Waals surface area contributed by atoms with Gasteiger partial charge in [0.25, 0.3) is 0 Å². The van der Waals surface area contributed by atoms with Crippen molar-refractivity contribution in [1.82, 2.24) is 0 Å². The molecule has 4 atom stereocenters. The summed E-state index contributed by atoms with van der Waals surface area (Å²) in [5, 5.41) is 10.7. The molecule has 6 heteroatoms. The van der Waals surface area contributed by atoms with Crippen LogP contribution in [0.2, 0.25) is 18.1 Å². The molecule has 2 rings (SSSR count). The van der Waals surface area contributed by atoms with Gasteiger partial charge in [-0.3, -0.25) is 0 Å². The van der Waals surface area contributed by atoms with Gasteiger partial charge in [-0.2, -0.15) is 0 Å². The van der Waals surface area contributed by atoms with Crippen LogP contribution in [0.15, 0.2) is 0 Å². The molecule has 0 unspecified atom stereocenters. The summed E-state index contributed by atoms with van der Waals surface area (Å²) < 4.78 is 23.9. The predicted octanol–water partition coefficient (Wildman–Crippen LogP) is 2.64. The lowest BCUT2D eigenvalue weighted by molar-refractivity contribution is -0.292. The van der Waals surface area contributed by atoms with Gasteiger partial charge in [-0.15, -0.1) is 0 Å². The maximum atomic E-state index is 10.6.